The van der Waals surface area contributed by atoms with Gasteiger partial charge in [0.15, 0.2) is 5.13 Å². The molecule has 1 amide bonds. The van der Waals surface area contributed by atoms with E-state index in [-0.39, 0.29) is 5.02 Å². The summed E-state index contributed by atoms with van der Waals surface area (Å²) in [6, 6.07) is -0.774. The van der Waals surface area contributed by atoms with Crippen molar-refractivity contribution in [3.63, 3.8) is 0 Å². The Hall–Kier alpha value is -1.54. The summed E-state index contributed by atoms with van der Waals surface area (Å²) >= 11 is 7.06. The Kier molecular flexibility index (Phi) is 4.34. The standard InChI is InChI=1S/C11H11ClF2N4OS/c1-5-7(12)8(9(13)14)17-18(5)6(2)10(19)16-11-15-3-4-20-11/h3-4,6,9H,1-2H3,(H,15,16,19). The van der Waals surface area contributed by atoms with Gasteiger partial charge in [-0.2, -0.15) is 5.10 Å². The molecule has 0 radical (unpaired) electrons. The Balaban J connectivity index is 2.22. The van der Waals surface area contributed by atoms with Crippen LogP contribution in [-0.2, 0) is 4.79 Å². The van der Waals surface area contributed by atoms with Crippen molar-refractivity contribution in [2.75, 3.05) is 5.32 Å². The third-order valence-corrected chi connectivity index (χ3v) is 3.87. The van der Waals surface area contributed by atoms with Crippen LogP contribution in [0.25, 0.3) is 0 Å². The molecule has 1 atom stereocenters. The number of amides is 1. The predicted octanol–water partition coefficient (Wildman–Crippen LogP) is 3.44. The average molecular weight is 321 g/mol. The Labute approximate surface area is 122 Å². The first-order valence-corrected chi connectivity index (χ1v) is 6.90. The van der Waals surface area contributed by atoms with Crippen LogP contribution in [0.2, 0.25) is 5.02 Å². The van der Waals surface area contributed by atoms with E-state index in [0.717, 1.165) is 0 Å². The maximum absolute atomic E-state index is 12.7. The number of halogens is 3. The molecule has 0 bridgehead atoms. The molecule has 20 heavy (non-hydrogen) atoms. The highest BCUT2D eigenvalue weighted by Gasteiger charge is 2.25. The van der Waals surface area contributed by atoms with Crippen LogP contribution in [-0.4, -0.2) is 20.7 Å². The number of hydrogen-bond acceptors (Lipinski definition) is 4. The lowest BCUT2D eigenvalue weighted by molar-refractivity contribution is -0.119. The van der Waals surface area contributed by atoms with E-state index in [0.29, 0.717) is 10.8 Å². The molecule has 5 nitrogen and oxygen atoms in total. The highest BCUT2D eigenvalue weighted by atomic mass is 35.5. The summed E-state index contributed by atoms with van der Waals surface area (Å²) in [5.74, 6) is -0.400. The molecule has 0 fully saturated rings. The molecular formula is C11H11ClF2N4OS. The van der Waals surface area contributed by atoms with Gasteiger partial charge < -0.3 is 5.32 Å². The lowest BCUT2D eigenvalue weighted by Gasteiger charge is -2.13. The number of hydrogen-bond donors (Lipinski definition) is 1. The van der Waals surface area contributed by atoms with Crippen LogP contribution >= 0.6 is 22.9 Å². The smallest absolute Gasteiger partial charge is 0.283 e. The fourth-order valence-corrected chi connectivity index (χ4v) is 2.38. The minimum atomic E-state index is -2.78. The van der Waals surface area contributed by atoms with Crippen molar-refractivity contribution >= 4 is 34.0 Å². The number of thiazole rings is 1. The van der Waals surface area contributed by atoms with Crippen molar-refractivity contribution in [1.29, 1.82) is 0 Å². The van der Waals surface area contributed by atoms with Crippen molar-refractivity contribution < 1.29 is 13.6 Å². The zero-order valence-electron chi connectivity index (χ0n) is 10.6. The van der Waals surface area contributed by atoms with E-state index >= 15 is 0 Å². The fraction of sp³-hybridized carbons (Fsp3) is 0.364. The molecule has 0 saturated carbocycles. The third kappa shape index (κ3) is 2.80. The molecule has 9 heteroatoms. The lowest BCUT2D eigenvalue weighted by Crippen LogP contribution is -2.25. The van der Waals surface area contributed by atoms with Crippen molar-refractivity contribution in [2.45, 2.75) is 26.3 Å². The van der Waals surface area contributed by atoms with Gasteiger partial charge in [-0.1, -0.05) is 11.6 Å². The molecule has 2 heterocycles. The summed E-state index contributed by atoms with van der Waals surface area (Å²) in [5.41, 5.74) is -0.193. The Morgan fingerprint density at radius 2 is 2.25 bits per heavy atom. The van der Waals surface area contributed by atoms with Crippen molar-refractivity contribution in [1.82, 2.24) is 14.8 Å². The van der Waals surface area contributed by atoms with E-state index in [4.69, 9.17) is 11.6 Å². The van der Waals surface area contributed by atoms with E-state index in [9.17, 15) is 13.6 Å². The molecule has 0 aromatic carbocycles. The van der Waals surface area contributed by atoms with Crippen LogP contribution in [0.4, 0.5) is 13.9 Å². The summed E-state index contributed by atoms with van der Waals surface area (Å²) in [6.07, 6.45) is -1.23. The van der Waals surface area contributed by atoms with Gasteiger partial charge in [0.1, 0.15) is 11.7 Å². The molecule has 0 aliphatic rings. The maximum Gasteiger partial charge on any atom is 0.283 e. The van der Waals surface area contributed by atoms with Crippen molar-refractivity contribution in [3.8, 4) is 0 Å². The second-order valence-corrected chi connectivity index (χ2v) is 5.30. The van der Waals surface area contributed by atoms with Gasteiger partial charge in [0.25, 0.3) is 12.3 Å². The first-order valence-electron chi connectivity index (χ1n) is 5.64. The maximum atomic E-state index is 12.7. The van der Waals surface area contributed by atoms with Gasteiger partial charge in [0, 0.05) is 11.6 Å². The number of carbonyl (C=O) groups is 1. The summed E-state index contributed by atoms with van der Waals surface area (Å²) < 4.78 is 26.6. The van der Waals surface area contributed by atoms with Crippen molar-refractivity contribution in [2.24, 2.45) is 0 Å². The van der Waals surface area contributed by atoms with E-state index in [2.05, 4.69) is 15.4 Å². The number of nitrogens with zero attached hydrogens (tertiary/aromatic N) is 3. The van der Waals surface area contributed by atoms with Gasteiger partial charge in [-0.25, -0.2) is 13.8 Å². The summed E-state index contributed by atoms with van der Waals surface area (Å²) in [4.78, 5) is 15.9. The van der Waals surface area contributed by atoms with Crippen LogP contribution in [0.15, 0.2) is 11.6 Å². The second kappa shape index (κ2) is 5.84. The largest absolute Gasteiger partial charge is 0.300 e. The van der Waals surface area contributed by atoms with Crippen LogP contribution in [0, 0.1) is 6.92 Å². The summed E-state index contributed by atoms with van der Waals surface area (Å²) in [6.45, 7) is 3.09. The summed E-state index contributed by atoms with van der Waals surface area (Å²) in [5, 5.41) is 8.33. The second-order valence-electron chi connectivity index (χ2n) is 4.03. The summed E-state index contributed by atoms with van der Waals surface area (Å²) in [7, 11) is 0. The number of carbonyl (C=O) groups excluding carboxylic acids is 1. The molecule has 2 aromatic rings. The van der Waals surface area contributed by atoms with Crippen LogP contribution in [0.5, 0.6) is 0 Å². The molecular weight excluding hydrogens is 310 g/mol. The highest BCUT2D eigenvalue weighted by Crippen LogP contribution is 2.30. The van der Waals surface area contributed by atoms with Gasteiger partial charge in [0.2, 0.25) is 0 Å². The minimum absolute atomic E-state index is 0.117. The quantitative estimate of drug-likeness (QED) is 0.938. The first-order chi connectivity index (χ1) is 9.41. The Morgan fingerprint density at radius 1 is 1.55 bits per heavy atom. The molecule has 2 aromatic heterocycles. The molecule has 1 N–H and O–H groups in total. The Bertz CT molecular complexity index is 614. The topological polar surface area (TPSA) is 59.8 Å². The number of alkyl halides is 2. The number of nitrogens with one attached hydrogen (secondary N) is 1. The van der Waals surface area contributed by atoms with Crippen LogP contribution in [0.1, 0.15) is 30.8 Å². The molecule has 0 saturated heterocycles. The van der Waals surface area contributed by atoms with E-state index in [1.54, 1.807) is 18.5 Å². The number of anilines is 1. The van der Waals surface area contributed by atoms with Crippen molar-refractivity contribution in [3.05, 3.63) is 28.0 Å². The number of aromatic nitrogens is 3. The van der Waals surface area contributed by atoms with Crippen LogP contribution < -0.4 is 5.32 Å². The van der Waals surface area contributed by atoms with Crippen LogP contribution in [0.3, 0.4) is 0 Å². The zero-order valence-corrected chi connectivity index (χ0v) is 12.2. The number of rotatable bonds is 4. The molecule has 0 spiro atoms. The molecule has 108 valence electrons. The van der Waals surface area contributed by atoms with Gasteiger partial charge in [0.05, 0.1) is 10.7 Å². The third-order valence-electron chi connectivity index (χ3n) is 2.72. The monoisotopic (exact) mass is 320 g/mol. The van der Waals surface area contributed by atoms with E-state index in [1.807, 2.05) is 0 Å². The van der Waals surface area contributed by atoms with Gasteiger partial charge in [-0.05, 0) is 13.8 Å². The van der Waals surface area contributed by atoms with Gasteiger partial charge >= 0.3 is 0 Å². The molecule has 0 aliphatic carbocycles. The Morgan fingerprint density at radius 3 is 2.75 bits per heavy atom. The van der Waals surface area contributed by atoms with E-state index < -0.39 is 24.1 Å². The molecule has 0 aliphatic heterocycles. The first kappa shape index (κ1) is 14.9. The predicted molar refractivity (Wildman–Crippen MR) is 72.4 cm³/mol. The molecule has 2 rings (SSSR count). The lowest BCUT2D eigenvalue weighted by atomic mass is 10.3. The SMILES string of the molecule is Cc1c(Cl)c(C(F)F)nn1C(C)C(=O)Nc1nccs1. The highest BCUT2D eigenvalue weighted by molar-refractivity contribution is 7.13. The normalized spacial score (nSPS) is 12.7. The van der Waals surface area contributed by atoms with E-state index in [1.165, 1.54) is 22.9 Å². The van der Waals surface area contributed by atoms with Gasteiger partial charge in [-0.3, -0.25) is 9.48 Å². The average Bonchev–Trinajstić information content (AvgIpc) is 2.99. The fourth-order valence-electron chi connectivity index (χ4n) is 1.64. The zero-order chi connectivity index (χ0) is 14.9. The minimum Gasteiger partial charge on any atom is -0.300 e. The van der Waals surface area contributed by atoms with Gasteiger partial charge in [-0.15, -0.1) is 11.3 Å². The molecule has 1 unspecified atom stereocenters.